The Hall–Kier alpha value is -12.3. The number of fused-ring (bicyclic) bond motifs is 2. The van der Waals surface area contributed by atoms with E-state index in [9.17, 15) is 19.2 Å². The number of anilines is 6. The topological polar surface area (TPSA) is 207 Å². The highest BCUT2D eigenvalue weighted by molar-refractivity contribution is 7.22. The highest BCUT2D eigenvalue weighted by Gasteiger charge is 2.31. The zero-order chi connectivity index (χ0) is 62.6. The first-order chi connectivity index (χ1) is 45.4. The predicted molar refractivity (Wildman–Crippen MR) is 353 cm³/mol. The van der Waals surface area contributed by atoms with Crippen LogP contribution < -0.4 is 38.2 Å². The summed E-state index contributed by atoms with van der Waals surface area (Å²) in [5.41, 5.74) is 10.7. The summed E-state index contributed by atoms with van der Waals surface area (Å²) in [5.74, 6) is 2.46. The molecule has 0 aliphatic carbocycles. The van der Waals surface area contributed by atoms with E-state index in [1.165, 1.54) is 12.4 Å². The maximum atomic E-state index is 11.3. The molecule has 1 aliphatic rings. The van der Waals surface area contributed by atoms with Crippen LogP contribution in [0.25, 0.3) is 76.5 Å². The van der Waals surface area contributed by atoms with Gasteiger partial charge in [0, 0.05) is 99.2 Å². The van der Waals surface area contributed by atoms with Gasteiger partial charge >= 0.3 is 0 Å². The number of carbonyl (C=O) groups is 4. The van der Waals surface area contributed by atoms with Crippen molar-refractivity contribution in [3.63, 3.8) is 0 Å². The molecule has 1 aliphatic heterocycles. The number of aromatic nitrogens is 6. The van der Waals surface area contributed by atoms with Crippen LogP contribution in [0.15, 0.2) is 243 Å². The van der Waals surface area contributed by atoms with Gasteiger partial charge in [0.1, 0.15) is 41.2 Å². The molecule has 0 N–H and O–H groups in total. The van der Waals surface area contributed by atoms with Crippen LogP contribution in [0.1, 0.15) is 0 Å². The molecule has 0 unspecified atom stereocenters. The van der Waals surface area contributed by atoms with Crippen LogP contribution in [0.4, 0.5) is 33.4 Å². The van der Waals surface area contributed by atoms with E-state index in [-0.39, 0.29) is 11.5 Å². The van der Waals surface area contributed by atoms with Crippen LogP contribution in [0.3, 0.4) is 0 Å². The fraction of sp³-hybridized carbons (Fsp3) is 0.0278. The van der Waals surface area contributed by atoms with Crippen molar-refractivity contribution in [1.82, 2.24) is 29.9 Å². The van der Waals surface area contributed by atoms with Crippen LogP contribution >= 0.6 is 22.7 Å². The minimum atomic E-state index is 0.250. The van der Waals surface area contributed by atoms with Crippen molar-refractivity contribution in [1.29, 1.82) is 0 Å². The average molecular weight is 1250 g/mol. The number of thiophene rings is 2. The zero-order valence-corrected chi connectivity index (χ0v) is 49.9. The lowest BCUT2D eigenvalue weighted by atomic mass is 10.1. The fourth-order valence-corrected chi connectivity index (χ4v) is 12.6. The maximum absolute atomic E-state index is 11.3. The summed E-state index contributed by atoms with van der Waals surface area (Å²) in [6, 6.07) is 70.0. The quantitative estimate of drug-likeness (QED) is 0.0650. The second-order valence-corrected chi connectivity index (χ2v) is 22.1. The normalized spacial score (nSPS) is 11.3. The molecule has 18 nitrogen and oxygen atoms in total. The van der Waals surface area contributed by atoms with Gasteiger partial charge in [-0.05, 0) is 120 Å². The summed E-state index contributed by atoms with van der Waals surface area (Å²) in [5, 5.41) is 2.01. The third-order valence-corrected chi connectivity index (χ3v) is 16.7. The second-order valence-electron chi connectivity index (χ2n) is 20.1. The smallest absolute Gasteiger partial charge is 0.298 e. The number of para-hydroxylation sites is 4. The van der Waals surface area contributed by atoms with E-state index in [2.05, 4.69) is 103 Å². The van der Waals surface area contributed by atoms with Gasteiger partial charge in [0.15, 0.2) is 11.5 Å². The number of hydrogen-bond donors (Lipinski definition) is 0. The fourth-order valence-electron chi connectivity index (χ4n) is 10.3. The van der Waals surface area contributed by atoms with Crippen molar-refractivity contribution in [3.8, 4) is 101 Å². The summed E-state index contributed by atoms with van der Waals surface area (Å²) in [7, 11) is 0. The predicted octanol–water partition coefficient (Wildman–Crippen LogP) is 15.9. The van der Waals surface area contributed by atoms with Crippen LogP contribution in [0.2, 0.25) is 0 Å². The third-order valence-electron chi connectivity index (χ3n) is 14.3. The molecule has 0 saturated carbocycles. The molecule has 9 heterocycles. The first-order valence-electron chi connectivity index (χ1n) is 28.5. The van der Waals surface area contributed by atoms with Gasteiger partial charge in [0.25, 0.3) is 25.9 Å². The Labute approximate surface area is 533 Å². The van der Waals surface area contributed by atoms with E-state index in [1.54, 1.807) is 83.6 Å². The molecule has 0 amide bonds. The number of hydrogen-bond acceptors (Lipinski definition) is 20. The van der Waals surface area contributed by atoms with Gasteiger partial charge in [-0.2, -0.15) is 0 Å². The minimum Gasteiger partial charge on any atom is -0.485 e. The number of nitrogens with zero attached hydrogens (tertiary/aromatic N) is 8. The Balaban J connectivity index is 0.000000168. The summed E-state index contributed by atoms with van der Waals surface area (Å²) in [4.78, 5) is 78.0. The molecule has 0 saturated heterocycles. The monoisotopic (exact) mass is 1250 g/mol. The Bertz CT molecular complexity index is 4710. The van der Waals surface area contributed by atoms with Gasteiger partial charge in [-0.15, -0.1) is 22.7 Å². The Morgan fingerprint density at radius 2 is 0.761 bits per heavy atom. The second kappa shape index (κ2) is 27.4. The molecule has 0 atom stereocenters. The number of benzene rings is 5. The first-order valence-corrected chi connectivity index (χ1v) is 30.1. The Morgan fingerprint density at radius 3 is 1.24 bits per heavy atom. The molecule has 14 rings (SSSR count). The van der Waals surface area contributed by atoms with Crippen LogP contribution in [-0.4, -0.2) is 69.0 Å². The lowest BCUT2D eigenvalue weighted by Crippen LogP contribution is -2.17. The summed E-state index contributed by atoms with van der Waals surface area (Å²) in [6.07, 6.45) is 6.43. The van der Waals surface area contributed by atoms with Crippen LogP contribution in [0, 0.1) is 0 Å². The maximum Gasteiger partial charge on any atom is 0.298 e. The standard InChI is InChI=1S/C37H24N4O4S.C35H24N4O6S/c42-23-44-30-14-16-39-33(20-30)35-22-31(45-24-43)21-34(40-35)32-17-26(13-15-38-32)36-18-25-11-12-29(19-37(25)46-36)41(27-7-3-1-4-8-27)28-9-5-2-6-10-28;40-21-44-26-12-14-37-29(18-26)31-20-27(45-22-41)19-30(38-31)28-17-23(11-13-36-28)34-32-33(43-16-15-42-32)35(46-34)39(24-7-3-1-4-8-24)25-9-5-2-6-10-25/h1-24H;1-14,17-22H,15-16H2. The van der Waals surface area contributed by atoms with E-state index < -0.39 is 0 Å². The molecule has 0 fully saturated rings. The van der Waals surface area contributed by atoms with Gasteiger partial charge in [-0.25, -0.2) is 9.97 Å². The lowest BCUT2D eigenvalue weighted by Gasteiger charge is -2.26. The van der Waals surface area contributed by atoms with Crippen molar-refractivity contribution in [3.05, 3.63) is 243 Å². The molecule has 5 aromatic carbocycles. The lowest BCUT2D eigenvalue weighted by molar-refractivity contribution is -0.121. The van der Waals surface area contributed by atoms with E-state index in [0.29, 0.717) is 108 Å². The third kappa shape index (κ3) is 13.0. The molecule has 0 bridgehead atoms. The van der Waals surface area contributed by atoms with Gasteiger partial charge in [0.05, 0.1) is 50.4 Å². The number of pyridine rings is 6. The van der Waals surface area contributed by atoms with Crippen molar-refractivity contribution in [2.45, 2.75) is 0 Å². The van der Waals surface area contributed by atoms with E-state index in [4.69, 9.17) is 38.4 Å². The van der Waals surface area contributed by atoms with E-state index in [1.807, 2.05) is 97.1 Å². The molecule has 0 radical (unpaired) electrons. The Morgan fingerprint density at radius 1 is 0.359 bits per heavy atom. The van der Waals surface area contributed by atoms with Gasteiger partial charge in [0.2, 0.25) is 0 Å². The van der Waals surface area contributed by atoms with Crippen molar-refractivity contribution >= 4 is 92.1 Å². The molecular weight excluding hydrogens is 1200 g/mol. The zero-order valence-electron chi connectivity index (χ0n) is 48.3. The van der Waals surface area contributed by atoms with Crippen molar-refractivity contribution < 1.29 is 47.6 Å². The largest absolute Gasteiger partial charge is 0.485 e. The van der Waals surface area contributed by atoms with Crippen LogP contribution in [-0.2, 0) is 19.2 Å². The minimum absolute atomic E-state index is 0.250. The molecule has 20 heteroatoms. The summed E-state index contributed by atoms with van der Waals surface area (Å²) >= 11 is 3.25. The highest BCUT2D eigenvalue weighted by atomic mass is 32.1. The van der Waals surface area contributed by atoms with E-state index in [0.717, 1.165) is 64.4 Å². The van der Waals surface area contributed by atoms with Crippen LogP contribution in [0.5, 0.6) is 34.5 Å². The highest BCUT2D eigenvalue weighted by Crippen LogP contribution is 2.57. The van der Waals surface area contributed by atoms with Crippen molar-refractivity contribution in [2.24, 2.45) is 0 Å². The molecule has 92 heavy (non-hydrogen) atoms. The molecule has 8 aromatic heterocycles. The van der Waals surface area contributed by atoms with Crippen molar-refractivity contribution in [2.75, 3.05) is 23.0 Å². The number of carbonyl (C=O) groups excluding carboxylic acids is 4. The first kappa shape index (κ1) is 58.7. The molecule has 13 aromatic rings. The molecular formula is C72H48N8O10S2. The number of ether oxygens (including phenoxy) is 6. The van der Waals surface area contributed by atoms with Gasteiger partial charge in [-0.3, -0.25) is 44.0 Å². The van der Waals surface area contributed by atoms with Gasteiger partial charge in [-0.1, -0.05) is 78.9 Å². The Kier molecular flexibility index (Phi) is 17.5. The average Bonchev–Trinajstić information content (AvgIpc) is 1.62. The van der Waals surface area contributed by atoms with E-state index >= 15 is 0 Å². The van der Waals surface area contributed by atoms with Gasteiger partial charge < -0.3 is 33.3 Å². The molecule has 0 spiro atoms. The molecule has 448 valence electrons. The number of rotatable bonds is 20. The SMILES string of the molecule is O=COc1ccnc(-c2cc(OC=O)cc(-c3cc(-c4cc5ccc(N(c6ccccc6)c6ccccc6)cc5s4)ccn3)n2)c1.O=COc1ccnc(-c2cc(OC=O)cc(-c3cc(-c4sc(N(c5ccccc5)c5ccccc5)c5c4OCCO5)ccn3)n2)c1. The summed E-state index contributed by atoms with van der Waals surface area (Å²) < 4.78 is 34.0. The summed E-state index contributed by atoms with van der Waals surface area (Å²) in [6.45, 7) is 2.22.